The molecule has 0 spiro atoms. The molecular formula is C19H18ClFN2O. The molecule has 3 aromatic rings. The molecule has 24 heavy (non-hydrogen) atoms. The van der Waals surface area contributed by atoms with E-state index in [-0.39, 0.29) is 11.7 Å². The molecule has 0 atom stereocenters. The predicted octanol–water partition coefficient (Wildman–Crippen LogP) is 4.69. The maximum absolute atomic E-state index is 13.0. The summed E-state index contributed by atoms with van der Waals surface area (Å²) in [5, 5.41) is 4.54. The molecule has 1 heterocycles. The third-order valence-electron chi connectivity index (χ3n) is 4.18. The molecular weight excluding hydrogens is 327 g/mol. The normalized spacial score (nSPS) is 11.0. The Bertz CT molecular complexity index is 900. The molecule has 0 saturated carbocycles. The Morgan fingerprint density at radius 1 is 1.21 bits per heavy atom. The fourth-order valence-corrected chi connectivity index (χ4v) is 3.16. The maximum Gasteiger partial charge on any atom is 0.268 e. The van der Waals surface area contributed by atoms with Gasteiger partial charge in [0.2, 0.25) is 0 Å². The highest BCUT2D eigenvalue weighted by molar-refractivity contribution is 6.31. The van der Waals surface area contributed by atoms with Crippen LogP contribution in [0.5, 0.6) is 0 Å². The lowest BCUT2D eigenvalue weighted by atomic mass is 10.1. The topological polar surface area (TPSA) is 34.0 Å². The Balaban J connectivity index is 1.91. The van der Waals surface area contributed by atoms with E-state index in [9.17, 15) is 9.18 Å². The van der Waals surface area contributed by atoms with E-state index >= 15 is 0 Å². The molecule has 0 aliphatic carbocycles. The van der Waals surface area contributed by atoms with E-state index in [2.05, 4.69) is 5.32 Å². The average Bonchev–Trinajstić information content (AvgIpc) is 2.86. The highest BCUT2D eigenvalue weighted by atomic mass is 35.5. The Labute approximate surface area is 145 Å². The molecule has 124 valence electrons. The van der Waals surface area contributed by atoms with Gasteiger partial charge in [0.05, 0.1) is 0 Å². The zero-order chi connectivity index (χ0) is 17.3. The first-order valence-corrected chi connectivity index (χ1v) is 8.20. The van der Waals surface area contributed by atoms with Crippen LogP contribution in [0.3, 0.4) is 0 Å². The van der Waals surface area contributed by atoms with Crippen molar-refractivity contribution in [2.75, 3.05) is 0 Å². The smallest absolute Gasteiger partial charge is 0.268 e. The number of benzene rings is 2. The van der Waals surface area contributed by atoms with Crippen LogP contribution in [-0.2, 0) is 13.1 Å². The first kappa shape index (κ1) is 16.5. The van der Waals surface area contributed by atoms with Crippen LogP contribution in [0, 0.1) is 12.7 Å². The van der Waals surface area contributed by atoms with Crippen molar-refractivity contribution in [3.05, 3.63) is 70.1 Å². The van der Waals surface area contributed by atoms with Crippen LogP contribution < -0.4 is 5.32 Å². The number of carbonyl (C=O) groups excluding carboxylic acids is 1. The molecule has 0 radical (unpaired) electrons. The van der Waals surface area contributed by atoms with Crippen molar-refractivity contribution in [2.45, 2.75) is 26.9 Å². The summed E-state index contributed by atoms with van der Waals surface area (Å²) in [6, 6.07) is 11.8. The second kappa shape index (κ2) is 6.65. The second-order valence-electron chi connectivity index (χ2n) is 5.69. The first-order chi connectivity index (χ1) is 11.5. The molecule has 0 aliphatic rings. The number of hydrogen-bond donors (Lipinski definition) is 1. The summed E-state index contributed by atoms with van der Waals surface area (Å²) in [4.78, 5) is 12.7. The summed E-state index contributed by atoms with van der Waals surface area (Å²) in [6.07, 6.45) is 0. The first-order valence-electron chi connectivity index (χ1n) is 7.82. The number of fused-ring (bicyclic) bond motifs is 1. The van der Waals surface area contributed by atoms with E-state index < -0.39 is 0 Å². The highest BCUT2D eigenvalue weighted by Gasteiger charge is 2.19. The number of nitrogens with one attached hydrogen (secondary N) is 1. The zero-order valence-corrected chi connectivity index (χ0v) is 14.3. The van der Waals surface area contributed by atoms with E-state index in [0.29, 0.717) is 23.8 Å². The average molecular weight is 345 g/mol. The van der Waals surface area contributed by atoms with E-state index in [1.165, 1.54) is 12.1 Å². The van der Waals surface area contributed by atoms with Crippen LogP contribution >= 0.6 is 11.6 Å². The zero-order valence-electron chi connectivity index (χ0n) is 13.6. The van der Waals surface area contributed by atoms with Crippen LogP contribution in [0.25, 0.3) is 10.9 Å². The highest BCUT2D eigenvalue weighted by Crippen LogP contribution is 2.28. The van der Waals surface area contributed by atoms with Crippen LogP contribution in [0.2, 0.25) is 5.02 Å². The van der Waals surface area contributed by atoms with Gasteiger partial charge in [-0.2, -0.15) is 0 Å². The summed E-state index contributed by atoms with van der Waals surface area (Å²) in [5.74, 6) is -0.435. The molecule has 1 aromatic heterocycles. The molecule has 0 fully saturated rings. The number of carbonyl (C=O) groups is 1. The van der Waals surface area contributed by atoms with Gasteiger partial charge in [-0.25, -0.2) is 4.39 Å². The molecule has 0 bridgehead atoms. The van der Waals surface area contributed by atoms with Gasteiger partial charge in [-0.1, -0.05) is 23.7 Å². The number of aromatic nitrogens is 1. The standard InChI is InChI=1S/C19H18ClFN2O/c1-3-23-17-9-6-14(20)10-16(17)12(2)18(23)19(24)22-11-13-4-7-15(21)8-5-13/h4-10H,3,11H2,1-2H3,(H,22,24). The quantitative estimate of drug-likeness (QED) is 0.731. The van der Waals surface area contributed by atoms with Gasteiger partial charge in [-0.3, -0.25) is 4.79 Å². The molecule has 1 N–H and O–H groups in total. The Morgan fingerprint density at radius 2 is 1.92 bits per heavy atom. The Kier molecular flexibility index (Phi) is 4.58. The largest absolute Gasteiger partial charge is 0.347 e. The lowest BCUT2D eigenvalue weighted by Gasteiger charge is -2.10. The SMILES string of the molecule is CCn1c(C(=O)NCc2ccc(F)cc2)c(C)c2cc(Cl)ccc21. The van der Waals surface area contributed by atoms with E-state index in [0.717, 1.165) is 22.0 Å². The van der Waals surface area contributed by atoms with E-state index in [1.54, 1.807) is 12.1 Å². The fourth-order valence-electron chi connectivity index (χ4n) is 2.98. The maximum atomic E-state index is 13.0. The van der Waals surface area contributed by atoms with Gasteiger partial charge in [0.15, 0.2) is 0 Å². The van der Waals surface area contributed by atoms with Crippen molar-refractivity contribution in [1.29, 1.82) is 0 Å². The van der Waals surface area contributed by atoms with E-state index in [4.69, 9.17) is 11.6 Å². The monoisotopic (exact) mass is 344 g/mol. The summed E-state index contributed by atoms with van der Waals surface area (Å²) in [6.45, 7) is 4.97. The molecule has 2 aromatic carbocycles. The van der Waals surface area contributed by atoms with Crippen molar-refractivity contribution >= 4 is 28.4 Å². The Hall–Kier alpha value is -2.33. The van der Waals surface area contributed by atoms with Gasteiger partial charge in [-0.05, 0) is 55.3 Å². The van der Waals surface area contributed by atoms with Crippen LogP contribution in [0.4, 0.5) is 4.39 Å². The number of rotatable bonds is 4. The van der Waals surface area contributed by atoms with Gasteiger partial charge in [0, 0.05) is 29.0 Å². The summed E-state index contributed by atoms with van der Waals surface area (Å²) in [5.41, 5.74) is 3.39. The summed E-state index contributed by atoms with van der Waals surface area (Å²) < 4.78 is 14.9. The summed E-state index contributed by atoms with van der Waals surface area (Å²) in [7, 11) is 0. The minimum atomic E-state index is -0.288. The molecule has 3 nitrogen and oxygen atoms in total. The number of halogens is 2. The third-order valence-corrected chi connectivity index (χ3v) is 4.41. The van der Waals surface area contributed by atoms with Gasteiger partial charge in [0.25, 0.3) is 5.91 Å². The minimum absolute atomic E-state index is 0.147. The van der Waals surface area contributed by atoms with Crippen LogP contribution in [0.15, 0.2) is 42.5 Å². The lowest BCUT2D eigenvalue weighted by molar-refractivity contribution is 0.0941. The van der Waals surface area contributed by atoms with Gasteiger partial charge in [-0.15, -0.1) is 0 Å². The van der Waals surface area contributed by atoms with Gasteiger partial charge >= 0.3 is 0 Å². The van der Waals surface area contributed by atoms with Crippen molar-refractivity contribution in [2.24, 2.45) is 0 Å². The van der Waals surface area contributed by atoms with Gasteiger partial charge in [0.1, 0.15) is 11.5 Å². The van der Waals surface area contributed by atoms with Crippen molar-refractivity contribution in [3.63, 3.8) is 0 Å². The van der Waals surface area contributed by atoms with Crippen molar-refractivity contribution in [3.8, 4) is 0 Å². The number of amides is 1. The van der Waals surface area contributed by atoms with E-state index in [1.807, 2.05) is 36.6 Å². The molecule has 5 heteroatoms. The molecule has 3 rings (SSSR count). The molecule has 0 saturated heterocycles. The number of nitrogens with zero attached hydrogens (tertiary/aromatic N) is 1. The number of aryl methyl sites for hydroxylation is 2. The molecule has 0 unspecified atom stereocenters. The summed E-state index contributed by atoms with van der Waals surface area (Å²) >= 11 is 6.09. The lowest BCUT2D eigenvalue weighted by Crippen LogP contribution is -2.26. The van der Waals surface area contributed by atoms with Crippen LogP contribution in [0.1, 0.15) is 28.5 Å². The minimum Gasteiger partial charge on any atom is -0.347 e. The second-order valence-corrected chi connectivity index (χ2v) is 6.12. The van der Waals surface area contributed by atoms with Crippen molar-refractivity contribution < 1.29 is 9.18 Å². The Morgan fingerprint density at radius 3 is 2.58 bits per heavy atom. The molecule has 0 aliphatic heterocycles. The molecule has 1 amide bonds. The fraction of sp³-hybridized carbons (Fsp3) is 0.211. The van der Waals surface area contributed by atoms with Crippen LogP contribution in [-0.4, -0.2) is 10.5 Å². The predicted molar refractivity (Wildman–Crippen MR) is 94.9 cm³/mol. The van der Waals surface area contributed by atoms with Crippen molar-refractivity contribution in [1.82, 2.24) is 9.88 Å². The third kappa shape index (κ3) is 3.02. The van der Waals surface area contributed by atoms with Gasteiger partial charge < -0.3 is 9.88 Å². The number of hydrogen-bond acceptors (Lipinski definition) is 1.